The van der Waals surface area contributed by atoms with Crippen LogP contribution in [0, 0.1) is 0 Å². The predicted molar refractivity (Wildman–Crippen MR) is 125 cm³/mol. The number of nitrogens with one attached hydrogen (secondary N) is 1. The monoisotopic (exact) mass is 453 g/mol. The molecule has 1 atom stereocenters. The van der Waals surface area contributed by atoms with E-state index in [0.717, 1.165) is 24.6 Å². The van der Waals surface area contributed by atoms with Gasteiger partial charge in [0.1, 0.15) is 5.82 Å². The van der Waals surface area contributed by atoms with E-state index in [1.807, 2.05) is 19.1 Å². The van der Waals surface area contributed by atoms with Crippen molar-refractivity contribution in [1.82, 2.24) is 9.29 Å². The van der Waals surface area contributed by atoms with Crippen LogP contribution in [0.25, 0.3) is 10.9 Å². The van der Waals surface area contributed by atoms with Gasteiger partial charge < -0.3 is 10.1 Å². The summed E-state index contributed by atoms with van der Waals surface area (Å²) in [6, 6.07) is 15.7. The number of pyridine rings is 1. The van der Waals surface area contributed by atoms with Gasteiger partial charge in [-0.1, -0.05) is 12.5 Å². The second-order valence-electron chi connectivity index (χ2n) is 7.94. The highest BCUT2D eigenvalue weighted by atomic mass is 32.2. The second-order valence-corrected chi connectivity index (χ2v) is 9.83. The van der Waals surface area contributed by atoms with Crippen LogP contribution in [0.1, 0.15) is 43.5 Å². The molecule has 0 amide bonds. The van der Waals surface area contributed by atoms with E-state index in [0.29, 0.717) is 40.6 Å². The van der Waals surface area contributed by atoms with Crippen molar-refractivity contribution in [3.8, 4) is 0 Å². The Hall–Kier alpha value is -2.97. The quantitative estimate of drug-likeness (QED) is 0.544. The van der Waals surface area contributed by atoms with Gasteiger partial charge >= 0.3 is 5.97 Å². The SMILES string of the molecule is CCOC(=O)c1cccc(Nc2ccc3cc(S(=O)(=O)N4CCCCC4C)ccc3n2)c1. The zero-order valence-corrected chi connectivity index (χ0v) is 19.1. The number of anilines is 2. The molecule has 0 aliphatic carbocycles. The van der Waals surface area contributed by atoms with Gasteiger partial charge in [0, 0.05) is 23.7 Å². The number of hydrogen-bond donors (Lipinski definition) is 1. The van der Waals surface area contributed by atoms with E-state index in [-0.39, 0.29) is 12.0 Å². The van der Waals surface area contributed by atoms with Gasteiger partial charge in [-0.15, -0.1) is 0 Å². The molecule has 1 N–H and O–H groups in total. The molecule has 1 aliphatic heterocycles. The van der Waals surface area contributed by atoms with Crippen molar-refractivity contribution in [3.63, 3.8) is 0 Å². The minimum atomic E-state index is -3.53. The van der Waals surface area contributed by atoms with Crippen molar-refractivity contribution in [2.75, 3.05) is 18.5 Å². The van der Waals surface area contributed by atoms with E-state index in [2.05, 4.69) is 10.3 Å². The summed E-state index contributed by atoms with van der Waals surface area (Å²) >= 11 is 0. The maximum atomic E-state index is 13.1. The molecule has 0 bridgehead atoms. The maximum Gasteiger partial charge on any atom is 0.338 e. The summed E-state index contributed by atoms with van der Waals surface area (Å²) < 4.78 is 32.9. The Labute approximate surface area is 188 Å². The van der Waals surface area contributed by atoms with Crippen LogP contribution in [0.15, 0.2) is 59.5 Å². The van der Waals surface area contributed by atoms with Crippen molar-refractivity contribution in [1.29, 1.82) is 0 Å². The Morgan fingerprint density at radius 1 is 1.16 bits per heavy atom. The van der Waals surface area contributed by atoms with Gasteiger partial charge in [-0.25, -0.2) is 18.2 Å². The minimum Gasteiger partial charge on any atom is -0.462 e. The molecule has 168 valence electrons. The Morgan fingerprint density at radius 2 is 2.00 bits per heavy atom. The van der Waals surface area contributed by atoms with Crippen LogP contribution < -0.4 is 5.32 Å². The number of esters is 1. The molecule has 8 heteroatoms. The molecule has 1 aliphatic rings. The van der Waals surface area contributed by atoms with Gasteiger partial charge in [-0.05, 0) is 75.2 Å². The van der Waals surface area contributed by atoms with Gasteiger partial charge in [0.15, 0.2) is 0 Å². The first-order valence-corrected chi connectivity index (χ1v) is 12.3. The highest BCUT2D eigenvalue weighted by molar-refractivity contribution is 7.89. The molecule has 0 saturated carbocycles. The molecular formula is C24H27N3O4S. The summed E-state index contributed by atoms with van der Waals surface area (Å²) in [5.74, 6) is 0.221. The number of fused-ring (bicyclic) bond motifs is 1. The lowest BCUT2D eigenvalue weighted by atomic mass is 10.1. The lowest BCUT2D eigenvalue weighted by molar-refractivity contribution is 0.0526. The highest BCUT2D eigenvalue weighted by Gasteiger charge is 2.31. The molecule has 2 aromatic carbocycles. The molecule has 3 aromatic rings. The molecular weight excluding hydrogens is 426 g/mol. The number of piperidine rings is 1. The van der Waals surface area contributed by atoms with E-state index in [9.17, 15) is 13.2 Å². The van der Waals surface area contributed by atoms with E-state index in [1.165, 1.54) is 0 Å². The maximum absolute atomic E-state index is 13.1. The third kappa shape index (κ3) is 4.61. The van der Waals surface area contributed by atoms with Crippen molar-refractivity contribution in [3.05, 3.63) is 60.2 Å². The summed E-state index contributed by atoms with van der Waals surface area (Å²) in [7, 11) is -3.53. The Bertz CT molecular complexity index is 1240. The Balaban J connectivity index is 1.57. The first-order chi connectivity index (χ1) is 15.4. The van der Waals surface area contributed by atoms with Crippen molar-refractivity contribution in [2.24, 2.45) is 0 Å². The number of sulfonamides is 1. The number of ether oxygens (including phenoxy) is 1. The number of carbonyl (C=O) groups is 1. The normalized spacial score (nSPS) is 17.2. The third-order valence-corrected chi connectivity index (χ3v) is 7.66. The first-order valence-electron chi connectivity index (χ1n) is 10.9. The third-order valence-electron chi connectivity index (χ3n) is 5.66. The summed E-state index contributed by atoms with van der Waals surface area (Å²) in [5, 5.41) is 3.94. The summed E-state index contributed by atoms with van der Waals surface area (Å²) in [5.41, 5.74) is 1.85. The minimum absolute atomic E-state index is 0.0134. The molecule has 0 spiro atoms. The molecule has 32 heavy (non-hydrogen) atoms. The zero-order valence-electron chi connectivity index (χ0n) is 18.2. The Morgan fingerprint density at radius 3 is 2.78 bits per heavy atom. The number of hydrogen-bond acceptors (Lipinski definition) is 6. The van der Waals surface area contributed by atoms with E-state index < -0.39 is 10.0 Å². The van der Waals surface area contributed by atoms with Crippen LogP contribution in [-0.4, -0.2) is 42.9 Å². The standard InChI is InChI=1S/C24H27N3O4S/c1-3-31-24(28)19-8-6-9-20(15-19)25-23-13-10-18-16-21(11-12-22(18)26-23)32(29,30)27-14-5-4-7-17(27)2/h6,8-13,15-17H,3-5,7,14H2,1-2H3,(H,25,26). The average Bonchev–Trinajstić information content (AvgIpc) is 2.79. The molecule has 7 nitrogen and oxygen atoms in total. The number of rotatable bonds is 6. The van der Waals surface area contributed by atoms with Crippen LogP contribution >= 0.6 is 0 Å². The van der Waals surface area contributed by atoms with Gasteiger partial charge in [-0.2, -0.15) is 4.31 Å². The summed E-state index contributed by atoms with van der Waals surface area (Å²) in [6.45, 7) is 4.61. The van der Waals surface area contributed by atoms with Gasteiger partial charge in [-0.3, -0.25) is 0 Å². The molecule has 1 saturated heterocycles. The predicted octanol–water partition coefficient (Wildman–Crippen LogP) is 4.72. The second kappa shape index (κ2) is 9.26. The molecule has 4 rings (SSSR count). The average molecular weight is 454 g/mol. The number of nitrogens with zero attached hydrogens (tertiary/aromatic N) is 2. The fourth-order valence-electron chi connectivity index (χ4n) is 3.98. The van der Waals surface area contributed by atoms with Gasteiger partial charge in [0.05, 0.1) is 22.6 Å². The van der Waals surface area contributed by atoms with E-state index >= 15 is 0 Å². The Kier molecular flexibility index (Phi) is 6.43. The van der Waals surface area contributed by atoms with Crippen molar-refractivity contribution >= 4 is 38.4 Å². The topological polar surface area (TPSA) is 88.6 Å². The van der Waals surface area contributed by atoms with Crippen LogP contribution in [0.3, 0.4) is 0 Å². The number of aromatic nitrogens is 1. The zero-order chi connectivity index (χ0) is 22.7. The molecule has 1 aromatic heterocycles. The van der Waals surface area contributed by atoms with Crippen LogP contribution in [-0.2, 0) is 14.8 Å². The fraction of sp³-hybridized carbons (Fsp3) is 0.333. The van der Waals surface area contributed by atoms with E-state index in [4.69, 9.17) is 4.74 Å². The largest absolute Gasteiger partial charge is 0.462 e. The molecule has 0 radical (unpaired) electrons. The molecule has 1 unspecified atom stereocenters. The van der Waals surface area contributed by atoms with Gasteiger partial charge in [0.2, 0.25) is 10.0 Å². The van der Waals surface area contributed by atoms with Crippen LogP contribution in [0.2, 0.25) is 0 Å². The smallest absolute Gasteiger partial charge is 0.338 e. The van der Waals surface area contributed by atoms with Crippen LogP contribution in [0.5, 0.6) is 0 Å². The molecule has 2 heterocycles. The first kappa shape index (κ1) is 22.2. The number of carbonyl (C=O) groups excluding carboxylic acids is 1. The fourth-order valence-corrected chi connectivity index (χ4v) is 5.72. The van der Waals surface area contributed by atoms with Crippen molar-refractivity contribution in [2.45, 2.75) is 44.0 Å². The lowest BCUT2D eigenvalue weighted by Crippen LogP contribution is -2.41. The van der Waals surface area contributed by atoms with E-state index in [1.54, 1.807) is 53.7 Å². The number of benzene rings is 2. The van der Waals surface area contributed by atoms with Crippen LogP contribution in [0.4, 0.5) is 11.5 Å². The molecule has 1 fully saturated rings. The lowest BCUT2D eigenvalue weighted by Gasteiger charge is -2.32. The van der Waals surface area contributed by atoms with Crippen molar-refractivity contribution < 1.29 is 17.9 Å². The summed E-state index contributed by atoms with van der Waals surface area (Å²) in [6.07, 6.45) is 2.85. The van der Waals surface area contributed by atoms with Gasteiger partial charge in [0.25, 0.3) is 0 Å². The summed E-state index contributed by atoms with van der Waals surface area (Å²) in [4.78, 5) is 16.8. The highest BCUT2D eigenvalue weighted by Crippen LogP contribution is 2.28.